The van der Waals surface area contributed by atoms with Crippen LogP contribution in [0.1, 0.15) is 23.7 Å². The fraction of sp³-hybridized carbons (Fsp3) is 0.273. The minimum absolute atomic E-state index is 0.0828. The number of aliphatic carboxylic acids is 1. The van der Waals surface area contributed by atoms with Crippen molar-refractivity contribution in [3.8, 4) is 5.75 Å². The molecule has 32 heavy (non-hydrogen) atoms. The van der Waals surface area contributed by atoms with Gasteiger partial charge in [0.15, 0.2) is 0 Å². The highest BCUT2D eigenvalue weighted by atomic mass is 19.4. The van der Waals surface area contributed by atoms with Gasteiger partial charge >= 0.3 is 12.1 Å². The predicted octanol–water partition coefficient (Wildman–Crippen LogP) is 3.77. The molecule has 0 unspecified atom stereocenters. The second-order valence-electron chi connectivity index (χ2n) is 7.29. The second-order valence-corrected chi connectivity index (χ2v) is 7.29. The lowest BCUT2D eigenvalue weighted by molar-refractivity contribution is -0.139. The molecule has 1 aromatic heterocycles. The molecule has 2 aromatic carbocycles. The third kappa shape index (κ3) is 4.08. The van der Waals surface area contributed by atoms with Crippen LogP contribution in [0.25, 0.3) is 10.8 Å². The van der Waals surface area contributed by atoms with Gasteiger partial charge in [-0.25, -0.2) is 4.68 Å². The Hall–Kier alpha value is -3.69. The summed E-state index contributed by atoms with van der Waals surface area (Å²) in [5.74, 6) is -1.49. The highest BCUT2D eigenvalue weighted by Gasteiger charge is 2.36. The van der Waals surface area contributed by atoms with E-state index in [1.54, 1.807) is 31.2 Å². The Morgan fingerprint density at radius 1 is 1.22 bits per heavy atom. The number of rotatable bonds is 6. The van der Waals surface area contributed by atoms with E-state index in [1.165, 1.54) is 6.07 Å². The van der Waals surface area contributed by atoms with Gasteiger partial charge in [0.25, 0.3) is 5.56 Å². The van der Waals surface area contributed by atoms with Gasteiger partial charge < -0.3 is 9.84 Å². The number of fused-ring (bicyclic) bond motifs is 2. The van der Waals surface area contributed by atoms with E-state index in [-0.39, 0.29) is 25.2 Å². The molecule has 0 atom stereocenters. The van der Waals surface area contributed by atoms with Crippen LogP contribution in [0.15, 0.2) is 46.2 Å². The zero-order chi connectivity index (χ0) is 23.0. The molecule has 4 rings (SSSR count). The number of benzene rings is 2. The molecule has 0 spiro atoms. The quantitative estimate of drug-likeness (QED) is 0.624. The molecule has 10 heteroatoms. The summed E-state index contributed by atoms with van der Waals surface area (Å²) in [6.45, 7) is 1.08. The minimum Gasteiger partial charge on any atom is -0.493 e. The number of hydrogen-bond acceptors (Lipinski definition) is 5. The summed E-state index contributed by atoms with van der Waals surface area (Å²) >= 11 is 0. The topological polar surface area (TPSA) is 93.8 Å². The first-order chi connectivity index (χ1) is 15.2. The third-order valence-corrected chi connectivity index (χ3v) is 5.06. The van der Waals surface area contributed by atoms with E-state index in [2.05, 4.69) is 10.1 Å². The van der Waals surface area contributed by atoms with E-state index >= 15 is 0 Å². The number of nitrogens with zero attached hydrogens (tertiary/aromatic N) is 3. The van der Waals surface area contributed by atoms with Crippen molar-refractivity contribution in [2.24, 2.45) is 4.99 Å². The summed E-state index contributed by atoms with van der Waals surface area (Å²) < 4.78 is 46.4. The van der Waals surface area contributed by atoms with Crippen molar-refractivity contribution in [1.82, 2.24) is 9.78 Å². The average Bonchev–Trinajstić information content (AvgIpc) is 3.11. The van der Waals surface area contributed by atoms with Crippen molar-refractivity contribution in [3.05, 3.63) is 63.6 Å². The number of carboxylic acids is 1. The zero-order valence-electron chi connectivity index (χ0n) is 16.9. The number of alkyl halides is 3. The molecule has 166 valence electrons. The van der Waals surface area contributed by atoms with Crippen LogP contribution in [0.3, 0.4) is 0 Å². The molecular formula is C22H18F3N3O4. The maximum Gasteiger partial charge on any atom is 0.419 e. The van der Waals surface area contributed by atoms with Crippen LogP contribution in [-0.4, -0.2) is 33.2 Å². The molecule has 1 aliphatic heterocycles. The Morgan fingerprint density at radius 3 is 2.59 bits per heavy atom. The van der Waals surface area contributed by atoms with Crippen LogP contribution in [0.2, 0.25) is 0 Å². The van der Waals surface area contributed by atoms with E-state index < -0.39 is 29.8 Å². The lowest BCUT2D eigenvalue weighted by Gasteiger charge is -2.14. The lowest BCUT2D eigenvalue weighted by atomic mass is 10.0. The predicted molar refractivity (Wildman–Crippen MR) is 111 cm³/mol. The first kappa shape index (κ1) is 21.5. The third-order valence-electron chi connectivity index (χ3n) is 5.06. The van der Waals surface area contributed by atoms with E-state index in [0.29, 0.717) is 33.4 Å². The largest absolute Gasteiger partial charge is 0.493 e. The maximum absolute atomic E-state index is 13.4. The number of ether oxygens (including phenoxy) is 1. The van der Waals surface area contributed by atoms with E-state index in [0.717, 1.165) is 10.7 Å². The molecule has 2 heterocycles. The van der Waals surface area contributed by atoms with Crippen LogP contribution in [0.5, 0.6) is 5.75 Å². The van der Waals surface area contributed by atoms with E-state index in [4.69, 9.17) is 9.84 Å². The van der Waals surface area contributed by atoms with Crippen LogP contribution < -0.4 is 10.3 Å². The van der Waals surface area contributed by atoms with Gasteiger partial charge in [-0.3, -0.25) is 14.6 Å². The standard InChI is InChI=1S/C22H18F3N3O4/c1-2-32-19-10-17-12(8-16(19)22(23,24)25)7-13(26-17)9-18-14-5-3-4-6-15(14)21(31)28(27-18)11-20(29)30/h3-6,8,10H,2,7,9,11H2,1H3,(H,29,30). The number of aliphatic imine (C=N–C) groups is 1. The van der Waals surface area contributed by atoms with Gasteiger partial charge in [0.2, 0.25) is 0 Å². The second kappa shape index (κ2) is 8.10. The Morgan fingerprint density at radius 2 is 1.94 bits per heavy atom. The Labute approximate surface area is 179 Å². The Kier molecular flexibility index (Phi) is 5.45. The molecule has 0 radical (unpaired) electrons. The van der Waals surface area contributed by atoms with Crippen molar-refractivity contribution in [2.45, 2.75) is 32.5 Å². The van der Waals surface area contributed by atoms with Gasteiger partial charge in [-0.1, -0.05) is 18.2 Å². The maximum atomic E-state index is 13.4. The van der Waals surface area contributed by atoms with Crippen LogP contribution in [0, 0.1) is 0 Å². The van der Waals surface area contributed by atoms with Gasteiger partial charge in [-0.05, 0) is 24.6 Å². The van der Waals surface area contributed by atoms with Crippen LogP contribution in [0.4, 0.5) is 18.9 Å². The van der Waals surface area contributed by atoms with Crippen molar-refractivity contribution in [1.29, 1.82) is 0 Å². The van der Waals surface area contributed by atoms with Gasteiger partial charge in [0.05, 0.1) is 28.9 Å². The molecular weight excluding hydrogens is 427 g/mol. The summed E-state index contributed by atoms with van der Waals surface area (Å²) in [6.07, 6.45) is -4.23. The highest BCUT2D eigenvalue weighted by Crippen LogP contribution is 2.42. The summed E-state index contributed by atoms with van der Waals surface area (Å²) in [5.41, 5.74) is 0.403. The van der Waals surface area contributed by atoms with Crippen molar-refractivity contribution >= 4 is 28.1 Å². The van der Waals surface area contributed by atoms with Crippen molar-refractivity contribution in [2.75, 3.05) is 6.61 Å². The van der Waals surface area contributed by atoms with Gasteiger partial charge in [0, 0.05) is 30.0 Å². The number of halogens is 3. The molecule has 0 amide bonds. The molecule has 0 saturated carbocycles. The summed E-state index contributed by atoms with van der Waals surface area (Å²) in [7, 11) is 0. The van der Waals surface area contributed by atoms with E-state index in [1.807, 2.05) is 0 Å². The molecule has 3 aromatic rings. The number of carbonyl (C=O) groups is 1. The SMILES string of the molecule is CCOc1cc2c(cc1C(F)(F)F)CC(Cc1nn(CC(=O)O)c(=O)c3ccccc13)=N2. The van der Waals surface area contributed by atoms with Crippen molar-refractivity contribution < 1.29 is 27.8 Å². The molecule has 7 nitrogen and oxygen atoms in total. The van der Waals surface area contributed by atoms with Crippen LogP contribution >= 0.6 is 0 Å². The Bertz CT molecular complexity index is 1310. The van der Waals surface area contributed by atoms with E-state index in [9.17, 15) is 22.8 Å². The summed E-state index contributed by atoms with van der Waals surface area (Å²) in [5, 5.41) is 14.2. The molecule has 0 bridgehead atoms. The molecule has 1 aliphatic rings. The molecule has 0 saturated heterocycles. The smallest absolute Gasteiger partial charge is 0.419 e. The number of hydrogen-bond donors (Lipinski definition) is 1. The van der Waals surface area contributed by atoms with Gasteiger partial charge in [0.1, 0.15) is 12.3 Å². The average molecular weight is 445 g/mol. The monoisotopic (exact) mass is 445 g/mol. The zero-order valence-corrected chi connectivity index (χ0v) is 16.9. The molecule has 1 N–H and O–H groups in total. The van der Waals surface area contributed by atoms with Gasteiger partial charge in [-0.2, -0.15) is 18.3 Å². The summed E-state index contributed by atoms with van der Waals surface area (Å²) in [4.78, 5) is 28.1. The number of aromatic nitrogens is 2. The molecule has 0 fully saturated rings. The Balaban J connectivity index is 1.73. The first-order valence-corrected chi connectivity index (χ1v) is 9.81. The normalized spacial score (nSPS) is 13.2. The lowest BCUT2D eigenvalue weighted by Crippen LogP contribution is -2.28. The van der Waals surface area contributed by atoms with Crippen molar-refractivity contribution in [3.63, 3.8) is 0 Å². The summed E-state index contributed by atoms with van der Waals surface area (Å²) in [6, 6.07) is 9.00. The van der Waals surface area contributed by atoms with Gasteiger partial charge in [-0.15, -0.1) is 0 Å². The van der Waals surface area contributed by atoms with Crippen LogP contribution in [-0.2, 0) is 30.4 Å². The number of carboxylic acid groups (broad SMARTS) is 1. The first-order valence-electron chi connectivity index (χ1n) is 9.81. The fourth-order valence-electron chi connectivity index (χ4n) is 3.75. The fourth-order valence-corrected chi connectivity index (χ4v) is 3.75. The molecule has 0 aliphatic carbocycles. The minimum atomic E-state index is -4.56. The highest BCUT2D eigenvalue weighted by molar-refractivity contribution is 5.98.